The summed E-state index contributed by atoms with van der Waals surface area (Å²) in [4.78, 5) is 17.1. The number of aryl methyl sites for hydroxylation is 1. The van der Waals surface area contributed by atoms with Crippen LogP contribution >= 0.6 is 0 Å². The third-order valence-corrected chi connectivity index (χ3v) is 5.35. The maximum atomic E-state index is 13.3. The highest BCUT2D eigenvalue weighted by molar-refractivity contribution is 5.79. The summed E-state index contributed by atoms with van der Waals surface area (Å²) in [5, 5.41) is 6.39. The van der Waals surface area contributed by atoms with Crippen molar-refractivity contribution in [2.75, 3.05) is 0 Å². The van der Waals surface area contributed by atoms with Crippen molar-refractivity contribution in [2.24, 2.45) is 5.84 Å². The quantitative estimate of drug-likeness (QED) is 0.262. The van der Waals surface area contributed by atoms with Crippen molar-refractivity contribution < 1.29 is 18.0 Å². The van der Waals surface area contributed by atoms with Crippen LogP contribution in [0.2, 0.25) is 0 Å². The molecular weight excluding hydrogens is 431 g/mol. The predicted octanol–water partition coefficient (Wildman–Crippen LogP) is 4.64. The van der Waals surface area contributed by atoms with Crippen molar-refractivity contribution in [3.8, 4) is 0 Å². The monoisotopic (exact) mass is 453 g/mol. The first kappa shape index (κ1) is 22.5. The highest BCUT2D eigenvalue weighted by atomic mass is 19.4. The van der Waals surface area contributed by atoms with Crippen LogP contribution in [0.1, 0.15) is 34.8 Å². The van der Waals surface area contributed by atoms with E-state index in [0.29, 0.717) is 11.1 Å². The molecule has 0 spiro atoms. The molecule has 0 fully saturated rings. The number of pyridine rings is 1. The predicted molar refractivity (Wildman–Crippen MR) is 118 cm³/mol. The van der Waals surface area contributed by atoms with E-state index in [4.69, 9.17) is 5.84 Å². The van der Waals surface area contributed by atoms with Gasteiger partial charge in [0, 0.05) is 23.5 Å². The van der Waals surface area contributed by atoms with Gasteiger partial charge in [-0.1, -0.05) is 30.3 Å². The molecule has 0 aliphatic rings. The number of halogens is 3. The minimum absolute atomic E-state index is 0.151. The number of hydrogen-bond acceptors (Lipinski definition) is 4. The van der Waals surface area contributed by atoms with Gasteiger partial charge in [0.05, 0.1) is 30.1 Å². The number of aromatic nitrogens is 3. The number of benzene rings is 2. The van der Waals surface area contributed by atoms with Crippen LogP contribution in [0.15, 0.2) is 73.1 Å². The number of nitrogens with zero attached hydrogens (tertiary/aromatic N) is 4. The van der Waals surface area contributed by atoms with Gasteiger partial charge in [-0.3, -0.25) is 19.5 Å². The second-order valence-electron chi connectivity index (χ2n) is 7.84. The van der Waals surface area contributed by atoms with E-state index in [-0.39, 0.29) is 13.0 Å². The van der Waals surface area contributed by atoms with Crippen LogP contribution in [0.5, 0.6) is 0 Å². The van der Waals surface area contributed by atoms with Crippen LogP contribution in [0, 0.1) is 6.92 Å². The molecule has 4 rings (SSSR count). The number of fused-ring (bicyclic) bond motifs is 1. The molecule has 1 amide bonds. The normalized spacial score (nSPS) is 12.6. The van der Waals surface area contributed by atoms with Gasteiger partial charge in [0.25, 0.3) is 0 Å². The Labute approximate surface area is 188 Å². The summed E-state index contributed by atoms with van der Waals surface area (Å²) in [7, 11) is 0. The first-order chi connectivity index (χ1) is 15.7. The second kappa shape index (κ2) is 9.03. The highest BCUT2D eigenvalue weighted by Gasteiger charge is 2.32. The molecule has 6 nitrogen and oxygen atoms in total. The van der Waals surface area contributed by atoms with E-state index in [9.17, 15) is 18.0 Å². The molecule has 4 aromatic rings. The number of carbonyl (C=O) groups is 1. The van der Waals surface area contributed by atoms with E-state index in [1.807, 2.05) is 31.2 Å². The summed E-state index contributed by atoms with van der Waals surface area (Å²) in [6.07, 6.45) is -1.31. The van der Waals surface area contributed by atoms with E-state index < -0.39 is 23.7 Å². The third-order valence-electron chi connectivity index (χ3n) is 5.35. The standard InChI is InChI=1S/C24H22F3N5O/c1-16-11-17(9-10-29-16)14-31(28)23(33)13-22(18-6-4-7-20(12-18)24(25,26)27)32-15-19-5-2-3-8-21(19)30-32/h2-12,15,22H,13-14,28H2,1H3. The molecule has 0 aliphatic carbocycles. The fourth-order valence-electron chi connectivity index (χ4n) is 3.70. The molecule has 2 N–H and O–H groups in total. The lowest BCUT2D eigenvalue weighted by atomic mass is 10.0. The van der Waals surface area contributed by atoms with Crippen molar-refractivity contribution in [1.29, 1.82) is 0 Å². The fraction of sp³-hybridized carbons (Fsp3) is 0.208. The van der Waals surface area contributed by atoms with E-state index >= 15 is 0 Å². The number of amides is 1. The summed E-state index contributed by atoms with van der Waals surface area (Å²) >= 11 is 0. The molecule has 0 saturated carbocycles. The average Bonchev–Trinajstić information content (AvgIpc) is 3.20. The molecule has 1 unspecified atom stereocenters. The third kappa shape index (κ3) is 5.20. The Hall–Kier alpha value is -3.72. The number of rotatable bonds is 6. The first-order valence-electron chi connectivity index (χ1n) is 10.3. The van der Waals surface area contributed by atoms with Gasteiger partial charge in [-0.25, -0.2) is 5.84 Å². The molecule has 33 heavy (non-hydrogen) atoms. The van der Waals surface area contributed by atoms with Crippen LogP contribution in [-0.2, 0) is 17.5 Å². The van der Waals surface area contributed by atoms with Crippen LogP contribution in [0.4, 0.5) is 13.2 Å². The average molecular weight is 453 g/mol. The molecule has 9 heteroatoms. The van der Waals surface area contributed by atoms with Gasteiger partial charge in [0.2, 0.25) is 5.91 Å². The fourth-order valence-corrected chi connectivity index (χ4v) is 3.70. The zero-order chi connectivity index (χ0) is 23.6. The Morgan fingerprint density at radius 1 is 1.12 bits per heavy atom. The van der Waals surface area contributed by atoms with Crippen LogP contribution in [0.25, 0.3) is 10.9 Å². The molecule has 0 radical (unpaired) electrons. The van der Waals surface area contributed by atoms with Gasteiger partial charge < -0.3 is 0 Å². The molecule has 2 heterocycles. The maximum absolute atomic E-state index is 13.3. The van der Waals surface area contributed by atoms with Crippen molar-refractivity contribution in [3.05, 3.63) is 95.4 Å². The largest absolute Gasteiger partial charge is 0.416 e. The number of hydrazine groups is 1. The van der Waals surface area contributed by atoms with Gasteiger partial charge in [-0.05, 0) is 48.4 Å². The van der Waals surface area contributed by atoms with Gasteiger partial charge in [-0.15, -0.1) is 0 Å². The molecule has 1 atom stereocenters. The number of carbonyl (C=O) groups excluding carboxylic acids is 1. The Morgan fingerprint density at radius 3 is 2.64 bits per heavy atom. The molecular formula is C24H22F3N5O. The van der Waals surface area contributed by atoms with Crippen molar-refractivity contribution in [2.45, 2.75) is 32.1 Å². The van der Waals surface area contributed by atoms with Gasteiger partial charge in [-0.2, -0.15) is 18.3 Å². The molecule has 0 bridgehead atoms. The SMILES string of the molecule is Cc1cc(CN(N)C(=O)CC(c2cccc(C(F)(F)F)c2)n2cc3ccccc3n2)ccn1. The van der Waals surface area contributed by atoms with Gasteiger partial charge in [0.15, 0.2) is 0 Å². The Balaban J connectivity index is 1.66. The molecule has 2 aromatic heterocycles. The number of alkyl halides is 3. The minimum Gasteiger partial charge on any atom is -0.276 e. The van der Waals surface area contributed by atoms with Crippen LogP contribution in [-0.4, -0.2) is 25.7 Å². The first-order valence-corrected chi connectivity index (χ1v) is 10.3. The maximum Gasteiger partial charge on any atom is 0.416 e. The van der Waals surface area contributed by atoms with Crippen molar-refractivity contribution >= 4 is 16.8 Å². The van der Waals surface area contributed by atoms with Gasteiger partial charge in [0.1, 0.15) is 0 Å². The van der Waals surface area contributed by atoms with Crippen molar-refractivity contribution in [3.63, 3.8) is 0 Å². The van der Waals surface area contributed by atoms with Crippen molar-refractivity contribution in [1.82, 2.24) is 19.8 Å². The molecule has 170 valence electrons. The molecule has 2 aromatic carbocycles. The minimum atomic E-state index is -4.50. The van der Waals surface area contributed by atoms with E-state index in [1.54, 1.807) is 30.6 Å². The summed E-state index contributed by atoms with van der Waals surface area (Å²) in [5.74, 6) is 5.61. The lowest BCUT2D eigenvalue weighted by molar-refractivity contribution is -0.137. The van der Waals surface area contributed by atoms with E-state index in [0.717, 1.165) is 33.8 Å². The number of nitrogens with two attached hydrogens (primary N) is 1. The van der Waals surface area contributed by atoms with Gasteiger partial charge >= 0.3 is 6.18 Å². The van der Waals surface area contributed by atoms with E-state index in [2.05, 4.69) is 10.1 Å². The molecule has 0 aliphatic heterocycles. The number of hydrogen-bond donors (Lipinski definition) is 1. The van der Waals surface area contributed by atoms with Crippen LogP contribution in [0.3, 0.4) is 0 Å². The summed E-state index contributed by atoms with van der Waals surface area (Å²) < 4.78 is 41.6. The highest BCUT2D eigenvalue weighted by Crippen LogP contribution is 2.33. The molecule has 0 saturated heterocycles. The zero-order valence-corrected chi connectivity index (χ0v) is 17.8. The Bertz CT molecular complexity index is 1250. The Kier molecular flexibility index (Phi) is 6.15. The topological polar surface area (TPSA) is 77.0 Å². The Morgan fingerprint density at radius 2 is 1.91 bits per heavy atom. The summed E-state index contributed by atoms with van der Waals surface area (Å²) in [5.41, 5.74) is 1.81. The lowest BCUT2D eigenvalue weighted by Gasteiger charge is -2.23. The zero-order valence-electron chi connectivity index (χ0n) is 17.8. The smallest absolute Gasteiger partial charge is 0.276 e. The second-order valence-corrected chi connectivity index (χ2v) is 7.84. The summed E-state index contributed by atoms with van der Waals surface area (Å²) in [6, 6.07) is 15.1. The van der Waals surface area contributed by atoms with E-state index in [1.165, 1.54) is 10.7 Å². The summed E-state index contributed by atoms with van der Waals surface area (Å²) in [6.45, 7) is 1.98. The lowest BCUT2D eigenvalue weighted by Crippen LogP contribution is -2.38. The van der Waals surface area contributed by atoms with Crippen LogP contribution < -0.4 is 5.84 Å².